The van der Waals surface area contributed by atoms with Crippen LogP contribution in [0.15, 0.2) is 133 Å². The number of fused-ring (bicyclic) bond motifs is 6. The summed E-state index contributed by atoms with van der Waals surface area (Å²) in [6, 6.07) is 47.2. The number of halogens is 2. The van der Waals surface area contributed by atoms with Crippen molar-refractivity contribution in [1.82, 2.24) is 0 Å². The summed E-state index contributed by atoms with van der Waals surface area (Å²) >= 11 is 0. The van der Waals surface area contributed by atoms with Crippen LogP contribution in [0.4, 0.5) is 0 Å². The number of hydrogen-bond donors (Lipinski definition) is 0. The van der Waals surface area contributed by atoms with E-state index in [9.17, 15) is 0 Å². The zero-order valence-corrected chi connectivity index (χ0v) is 30.5. The van der Waals surface area contributed by atoms with Crippen LogP contribution in [-0.2, 0) is 26.2 Å². The van der Waals surface area contributed by atoms with Crippen LogP contribution in [0, 0.1) is 0 Å². The van der Waals surface area contributed by atoms with Gasteiger partial charge in [-0.3, -0.25) is 0 Å². The molecule has 6 aromatic carbocycles. The summed E-state index contributed by atoms with van der Waals surface area (Å²) < 4.78 is 0. The quantitative estimate of drug-likeness (QED) is 0.245. The molecule has 0 nitrogen and oxygen atoms in total. The zero-order valence-electron chi connectivity index (χ0n) is 26.5. The molecule has 0 bridgehead atoms. The normalized spacial score (nSPS) is 11.9. The van der Waals surface area contributed by atoms with E-state index in [4.69, 9.17) is 0 Å². The van der Waals surface area contributed by atoms with Crippen LogP contribution in [0.1, 0.15) is 37.8 Å². The predicted molar refractivity (Wildman–Crippen MR) is 188 cm³/mol. The minimum Gasteiger partial charge on any atom is -1.00 e. The van der Waals surface area contributed by atoms with Gasteiger partial charge < -0.3 is 24.8 Å². The van der Waals surface area contributed by atoms with E-state index in [1.54, 1.807) is 0 Å². The van der Waals surface area contributed by atoms with Gasteiger partial charge in [-0.25, -0.2) is 0 Å². The Labute approximate surface area is 309 Å². The average Bonchev–Trinajstić information content (AvgIpc) is 3.66. The molecular weight excluding hydrogens is 691 g/mol. The molecule has 0 spiro atoms. The summed E-state index contributed by atoms with van der Waals surface area (Å²) in [4.78, 5) is 0. The maximum atomic E-state index is 3.61. The Kier molecular flexibility index (Phi) is 12.6. The molecule has 0 aromatic heterocycles. The first kappa shape index (κ1) is 36.1. The van der Waals surface area contributed by atoms with E-state index in [1.807, 2.05) is 0 Å². The van der Waals surface area contributed by atoms with Crippen LogP contribution >= 0.6 is 0 Å². The molecular formula is C44H34Cl2Zr. The topological polar surface area (TPSA) is 0 Å². The molecule has 0 saturated heterocycles. The van der Waals surface area contributed by atoms with Crippen LogP contribution < -0.4 is 45.7 Å². The molecule has 8 rings (SSSR count). The van der Waals surface area contributed by atoms with Crippen molar-refractivity contribution < 1.29 is 51.0 Å². The average molecular weight is 725 g/mol. The molecule has 0 aliphatic heterocycles. The fourth-order valence-electron chi connectivity index (χ4n) is 6.45. The van der Waals surface area contributed by atoms with Crippen LogP contribution in [0.3, 0.4) is 0 Å². The van der Waals surface area contributed by atoms with Crippen LogP contribution in [0.2, 0.25) is 0 Å². The van der Waals surface area contributed by atoms with Gasteiger partial charge >= 0.3 is 26.2 Å². The van der Waals surface area contributed by atoms with Gasteiger partial charge in [0.25, 0.3) is 0 Å². The molecule has 2 aliphatic carbocycles. The molecule has 228 valence electrons. The number of benzene rings is 6. The third kappa shape index (κ3) is 7.10. The summed E-state index contributed by atoms with van der Waals surface area (Å²) in [5.41, 5.74) is 12.7. The van der Waals surface area contributed by atoms with Gasteiger partial charge in [-0.05, 0) is 35.1 Å². The first-order valence-electron chi connectivity index (χ1n) is 15.6. The molecule has 47 heavy (non-hydrogen) atoms. The van der Waals surface area contributed by atoms with Crippen LogP contribution in [0.25, 0.3) is 68.8 Å². The van der Waals surface area contributed by atoms with Crippen molar-refractivity contribution in [2.45, 2.75) is 26.7 Å². The molecule has 0 saturated carbocycles. The van der Waals surface area contributed by atoms with Crippen molar-refractivity contribution in [2.24, 2.45) is 0 Å². The fourth-order valence-corrected chi connectivity index (χ4v) is 6.45. The maximum absolute atomic E-state index is 3.61. The SMILES string of the molecule is CCC=c1c(-c2ccccc2)ccc2c1=[C-]c1ccccc1-2.CCC=c1c(-c2ccccc2)ccc2c1=[C-]c1ccccc1-2.[Cl-].[Cl-].[Zr+4]. The van der Waals surface area contributed by atoms with E-state index in [1.165, 1.54) is 76.5 Å². The first-order chi connectivity index (χ1) is 21.8. The molecule has 0 amide bonds. The van der Waals surface area contributed by atoms with Gasteiger partial charge in [0.05, 0.1) is 0 Å². The Hall–Kier alpha value is -3.74. The van der Waals surface area contributed by atoms with E-state index in [-0.39, 0.29) is 51.0 Å². The van der Waals surface area contributed by atoms with Gasteiger partial charge in [0.2, 0.25) is 0 Å². The predicted octanol–water partition coefficient (Wildman–Crippen LogP) is 2.47. The molecule has 0 unspecified atom stereocenters. The van der Waals surface area contributed by atoms with E-state index < -0.39 is 0 Å². The fraction of sp³-hybridized carbons (Fsp3) is 0.0909. The zero-order chi connectivity index (χ0) is 29.9. The summed E-state index contributed by atoms with van der Waals surface area (Å²) in [7, 11) is 0. The first-order valence-corrected chi connectivity index (χ1v) is 15.6. The summed E-state index contributed by atoms with van der Waals surface area (Å²) in [5.74, 6) is 0. The van der Waals surface area contributed by atoms with Gasteiger partial charge in [0.15, 0.2) is 0 Å². The molecule has 0 radical (unpaired) electrons. The molecule has 6 aromatic rings. The van der Waals surface area contributed by atoms with Gasteiger partial charge in [0, 0.05) is 0 Å². The minimum absolute atomic E-state index is 0. The largest absolute Gasteiger partial charge is 4.00 e. The van der Waals surface area contributed by atoms with Crippen molar-refractivity contribution in [3.05, 3.63) is 165 Å². The Morgan fingerprint density at radius 1 is 0.404 bits per heavy atom. The molecule has 2 aliphatic rings. The second-order valence-corrected chi connectivity index (χ2v) is 11.2. The van der Waals surface area contributed by atoms with Gasteiger partial charge in [-0.1, -0.05) is 146 Å². The van der Waals surface area contributed by atoms with E-state index in [0.717, 1.165) is 12.8 Å². The smallest absolute Gasteiger partial charge is 1.00 e. The Balaban J connectivity index is 0.000000200. The number of hydrogen-bond acceptors (Lipinski definition) is 0. The van der Waals surface area contributed by atoms with Crippen molar-refractivity contribution in [3.63, 3.8) is 0 Å². The van der Waals surface area contributed by atoms with E-state index in [2.05, 4.69) is 172 Å². The van der Waals surface area contributed by atoms with Crippen molar-refractivity contribution in [3.8, 4) is 44.5 Å². The van der Waals surface area contributed by atoms with Gasteiger partial charge in [-0.2, -0.15) is 0 Å². The maximum Gasteiger partial charge on any atom is 4.00 e. The van der Waals surface area contributed by atoms with Gasteiger partial charge in [0.1, 0.15) is 0 Å². The van der Waals surface area contributed by atoms with E-state index in [0.29, 0.717) is 0 Å². The molecule has 3 heteroatoms. The second kappa shape index (κ2) is 16.4. The summed E-state index contributed by atoms with van der Waals surface area (Å²) in [5, 5.41) is 5.10. The summed E-state index contributed by atoms with van der Waals surface area (Å²) in [6.07, 6.45) is 13.9. The molecule has 0 heterocycles. The third-order valence-corrected chi connectivity index (χ3v) is 8.43. The number of rotatable bonds is 4. The molecule has 0 fully saturated rings. The van der Waals surface area contributed by atoms with Crippen molar-refractivity contribution >= 4 is 24.3 Å². The third-order valence-electron chi connectivity index (χ3n) is 8.43. The second-order valence-electron chi connectivity index (χ2n) is 11.2. The Bertz CT molecular complexity index is 2080. The molecule has 0 atom stereocenters. The van der Waals surface area contributed by atoms with E-state index >= 15 is 0 Å². The molecule has 0 N–H and O–H groups in total. The van der Waals surface area contributed by atoms with Crippen molar-refractivity contribution in [2.75, 3.05) is 0 Å². The Morgan fingerprint density at radius 2 is 0.745 bits per heavy atom. The standard InChI is InChI=1S/2C22H17.2ClH.Zr/c2*1-2-8-20-19(16-9-4-3-5-10-16)13-14-21-18-12-7-6-11-17(18)15-22(20)21;;;/h2*3-14H,2H2,1H3;2*1H;/q2*-1;;;+4/p-2. The minimum atomic E-state index is 0. The Morgan fingerprint density at radius 3 is 1.13 bits per heavy atom. The van der Waals surface area contributed by atoms with Crippen molar-refractivity contribution in [1.29, 1.82) is 0 Å². The van der Waals surface area contributed by atoms with Crippen LogP contribution in [0.5, 0.6) is 0 Å². The summed E-state index contributed by atoms with van der Waals surface area (Å²) in [6.45, 7) is 4.38. The van der Waals surface area contributed by atoms with Crippen LogP contribution in [-0.4, -0.2) is 0 Å². The van der Waals surface area contributed by atoms with Gasteiger partial charge in [-0.15, -0.1) is 80.3 Å². The monoisotopic (exact) mass is 722 g/mol.